The van der Waals surface area contributed by atoms with E-state index in [4.69, 9.17) is 10.2 Å². The van der Waals surface area contributed by atoms with Crippen molar-refractivity contribution in [2.45, 2.75) is 88.9 Å². The van der Waals surface area contributed by atoms with Crippen LogP contribution in [0.1, 0.15) is 94.3 Å². The Bertz CT molecular complexity index is 2630. The summed E-state index contributed by atoms with van der Waals surface area (Å²) in [6, 6.07) is 13.6. The monoisotopic (exact) mass is 914 g/mol. The number of benzene rings is 2. The quantitative estimate of drug-likeness (QED) is 0.0989. The van der Waals surface area contributed by atoms with Crippen LogP contribution >= 0.6 is 0 Å². The van der Waals surface area contributed by atoms with Crippen molar-refractivity contribution in [3.8, 4) is 0 Å². The van der Waals surface area contributed by atoms with Gasteiger partial charge in [0.2, 0.25) is 0 Å². The number of carboxylic acid groups (broad SMARTS) is 2. The molecule has 4 heterocycles. The van der Waals surface area contributed by atoms with Gasteiger partial charge in [0.1, 0.15) is 0 Å². The number of nitrogens with one attached hydrogen (secondary N) is 2. The first-order valence-electron chi connectivity index (χ1n) is 21.5. The van der Waals surface area contributed by atoms with E-state index in [9.17, 15) is 45.5 Å². The molecular weight excluding hydrogens is 871 g/mol. The highest BCUT2D eigenvalue weighted by Crippen LogP contribution is 2.59. The Morgan fingerprint density at radius 3 is 1.21 bits per heavy atom. The fourth-order valence-electron chi connectivity index (χ4n) is 10.6. The average molecular weight is 915 g/mol. The highest BCUT2D eigenvalue weighted by molar-refractivity contribution is 6.06. The van der Waals surface area contributed by atoms with Crippen LogP contribution in [0.2, 0.25) is 0 Å². The molecule has 66 heavy (non-hydrogen) atoms. The molecule has 4 aliphatic rings. The molecule has 4 aromatic heterocycles. The Balaban J connectivity index is 0.000000166. The van der Waals surface area contributed by atoms with E-state index < -0.39 is 35.4 Å². The van der Waals surface area contributed by atoms with Crippen molar-refractivity contribution in [2.75, 3.05) is 0 Å². The number of carbonyl (C=O) groups is 4. The normalized spacial score (nSPS) is 24.3. The van der Waals surface area contributed by atoms with E-state index in [0.717, 1.165) is 60.7 Å². The fourth-order valence-corrected chi connectivity index (χ4v) is 10.6. The summed E-state index contributed by atoms with van der Waals surface area (Å²) in [7, 11) is 0. The lowest BCUT2D eigenvalue weighted by molar-refractivity contribution is -0.156. The standard InChI is InChI=1S/2C24H22F3N3O3/c2*25-24(26,27)17-3-1-14(2-4-17)13-30-6-5-15-11-28-12-19(20(15)30)21(31)29-18-9-23(10-18)7-16(8-23)22(32)33/h2*1-6,11-12,16,18H,7-10,13H2,(H,29,31)(H,32,33). The molecule has 6 aromatic rings. The lowest BCUT2D eigenvalue weighted by atomic mass is 9.50. The van der Waals surface area contributed by atoms with Crippen LogP contribution in [-0.2, 0) is 35.0 Å². The van der Waals surface area contributed by atoms with Crippen molar-refractivity contribution >= 4 is 45.6 Å². The molecule has 10 rings (SSSR count). The van der Waals surface area contributed by atoms with Gasteiger partial charge in [-0.25, -0.2) is 0 Å². The van der Waals surface area contributed by atoms with Gasteiger partial charge < -0.3 is 30.0 Å². The van der Waals surface area contributed by atoms with Crippen LogP contribution in [0.15, 0.2) is 97.8 Å². The second kappa shape index (κ2) is 16.6. The van der Waals surface area contributed by atoms with E-state index in [1.807, 2.05) is 21.3 Å². The number of hydrogen-bond acceptors (Lipinski definition) is 6. The predicted octanol–water partition coefficient (Wildman–Crippen LogP) is 8.95. The molecule has 0 bridgehead atoms. The van der Waals surface area contributed by atoms with Crippen LogP contribution in [0.3, 0.4) is 0 Å². The molecule has 344 valence electrons. The number of pyridine rings is 2. The van der Waals surface area contributed by atoms with E-state index in [0.29, 0.717) is 72.1 Å². The number of alkyl halides is 6. The summed E-state index contributed by atoms with van der Waals surface area (Å²) in [5, 5.41) is 25.8. The van der Waals surface area contributed by atoms with Gasteiger partial charge in [-0.15, -0.1) is 0 Å². The predicted molar refractivity (Wildman–Crippen MR) is 227 cm³/mol. The number of fused-ring (bicyclic) bond motifs is 2. The summed E-state index contributed by atoms with van der Waals surface area (Å²) in [6.45, 7) is 0.629. The number of rotatable bonds is 10. The van der Waals surface area contributed by atoms with E-state index >= 15 is 0 Å². The molecule has 4 N–H and O–H groups in total. The number of amides is 2. The number of carbonyl (C=O) groups excluding carboxylic acids is 2. The summed E-state index contributed by atoms with van der Waals surface area (Å²) in [4.78, 5) is 56.5. The molecule has 2 amide bonds. The van der Waals surface area contributed by atoms with E-state index in [2.05, 4.69) is 20.6 Å². The second-order valence-electron chi connectivity index (χ2n) is 18.6. The molecule has 0 atom stereocenters. The third-order valence-corrected chi connectivity index (χ3v) is 13.9. The molecule has 0 unspecified atom stereocenters. The Hall–Kier alpha value is -6.72. The zero-order valence-corrected chi connectivity index (χ0v) is 35.2. The van der Waals surface area contributed by atoms with Crippen molar-refractivity contribution in [3.05, 3.63) is 131 Å². The maximum Gasteiger partial charge on any atom is 0.416 e. The van der Waals surface area contributed by atoms with Gasteiger partial charge in [-0.05, 0) is 110 Å². The van der Waals surface area contributed by atoms with Gasteiger partial charge in [0.05, 0.1) is 45.1 Å². The van der Waals surface area contributed by atoms with Gasteiger partial charge in [0.25, 0.3) is 11.8 Å². The van der Waals surface area contributed by atoms with Crippen molar-refractivity contribution in [3.63, 3.8) is 0 Å². The van der Waals surface area contributed by atoms with Gasteiger partial charge >= 0.3 is 24.3 Å². The number of halogens is 6. The zero-order chi connectivity index (χ0) is 46.8. The first-order chi connectivity index (χ1) is 31.3. The molecule has 0 saturated heterocycles. The summed E-state index contributed by atoms with van der Waals surface area (Å²) < 4.78 is 80.7. The molecule has 4 fully saturated rings. The largest absolute Gasteiger partial charge is 0.481 e. The van der Waals surface area contributed by atoms with Crippen LogP contribution in [0.4, 0.5) is 26.3 Å². The topological polar surface area (TPSA) is 168 Å². The van der Waals surface area contributed by atoms with Crippen molar-refractivity contribution < 1.29 is 55.7 Å². The average Bonchev–Trinajstić information content (AvgIpc) is 3.82. The van der Waals surface area contributed by atoms with Crippen molar-refractivity contribution in [1.82, 2.24) is 29.7 Å². The molecular formula is C48H44F6N6O6. The minimum Gasteiger partial charge on any atom is -0.481 e. The summed E-state index contributed by atoms with van der Waals surface area (Å²) >= 11 is 0. The maximum atomic E-state index is 13.0. The summed E-state index contributed by atoms with van der Waals surface area (Å²) in [5.74, 6) is -2.55. The Morgan fingerprint density at radius 2 is 0.894 bits per heavy atom. The highest BCUT2D eigenvalue weighted by atomic mass is 19.4. The fraction of sp³-hybridized carbons (Fsp3) is 0.375. The van der Waals surface area contributed by atoms with Crippen molar-refractivity contribution in [1.29, 1.82) is 0 Å². The third-order valence-electron chi connectivity index (χ3n) is 13.9. The molecule has 18 heteroatoms. The van der Waals surface area contributed by atoms with Crippen LogP contribution in [-0.4, -0.2) is 65.2 Å². The molecule has 2 spiro atoms. The number of aromatic nitrogens is 4. The van der Waals surface area contributed by atoms with Gasteiger partial charge in [-0.1, -0.05) is 24.3 Å². The van der Waals surface area contributed by atoms with Crippen LogP contribution in [0.5, 0.6) is 0 Å². The van der Waals surface area contributed by atoms with Gasteiger partial charge in [0, 0.05) is 73.1 Å². The lowest BCUT2D eigenvalue weighted by Crippen LogP contribution is -2.57. The molecule has 4 aliphatic carbocycles. The van der Waals surface area contributed by atoms with E-state index in [1.54, 1.807) is 24.8 Å². The molecule has 0 radical (unpaired) electrons. The van der Waals surface area contributed by atoms with Crippen molar-refractivity contribution in [2.24, 2.45) is 22.7 Å². The zero-order valence-electron chi connectivity index (χ0n) is 35.2. The minimum absolute atomic E-state index is 0.000765. The first-order valence-corrected chi connectivity index (χ1v) is 21.5. The van der Waals surface area contributed by atoms with Crippen LogP contribution < -0.4 is 10.6 Å². The van der Waals surface area contributed by atoms with Crippen LogP contribution in [0.25, 0.3) is 21.8 Å². The van der Waals surface area contributed by atoms with Crippen LogP contribution in [0, 0.1) is 22.7 Å². The molecule has 4 saturated carbocycles. The van der Waals surface area contributed by atoms with Gasteiger partial charge in [0.15, 0.2) is 0 Å². The first kappa shape index (κ1) is 44.5. The SMILES string of the molecule is O=C(NC1CC2(C1)CC(C(=O)O)C2)c1cncc2ccn(Cc3ccc(C(F)(F)F)cc3)c12.O=C(NC1CC2(C1)CC(C(=O)O)C2)c1cncc2ccn(Cc3ccc(C(F)(F)F)cc3)c12. The lowest BCUT2D eigenvalue weighted by Gasteiger charge is -2.56. The number of hydrogen-bond donors (Lipinski definition) is 4. The summed E-state index contributed by atoms with van der Waals surface area (Å²) in [5.41, 5.74) is 2.22. The Labute approximate surface area is 373 Å². The molecule has 12 nitrogen and oxygen atoms in total. The van der Waals surface area contributed by atoms with Gasteiger partial charge in [-0.2, -0.15) is 26.3 Å². The highest BCUT2D eigenvalue weighted by Gasteiger charge is 2.56. The number of aliphatic carboxylic acids is 2. The molecule has 0 aliphatic heterocycles. The second-order valence-corrected chi connectivity index (χ2v) is 18.6. The smallest absolute Gasteiger partial charge is 0.416 e. The summed E-state index contributed by atoms with van der Waals surface area (Å²) in [6.07, 6.45) is 6.88. The Morgan fingerprint density at radius 1 is 0.545 bits per heavy atom. The van der Waals surface area contributed by atoms with E-state index in [1.165, 1.54) is 36.7 Å². The van der Waals surface area contributed by atoms with E-state index in [-0.39, 0.29) is 46.6 Å². The Kier molecular flexibility index (Phi) is 11.2. The van der Waals surface area contributed by atoms with Gasteiger partial charge in [-0.3, -0.25) is 29.1 Å². The number of carboxylic acids is 2. The molecule has 2 aromatic carbocycles. The maximum absolute atomic E-state index is 13.0. The minimum atomic E-state index is -4.39. The third kappa shape index (κ3) is 8.84. The number of nitrogens with zero attached hydrogens (tertiary/aromatic N) is 4.